The number of aromatic nitrogens is 1. The fourth-order valence-electron chi connectivity index (χ4n) is 2.06. The number of carbonyl (C=O) groups is 1. The van der Waals surface area contributed by atoms with Gasteiger partial charge in [-0.15, -0.1) is 0 Å². The lowest BCUT2D eigenvalue weighted by molar-refractivity contribution is -0.142. The molecule has 0 radical (unpaired) electrons. The molecule has 0 amide bonds. The highest BCUT2D eigenvalue weighted by molar-refractivity contribution is 5.87. The summed E-state index contributed by atoms with van der Waals surface area (Å²) in [5, 5.41) is 10.7. The first-order chi connectivity index (χ1) is 9.06. The lowest BCUT2D eigenvalue weighted by Crippen LogP contribution is -2.24. The second-order valence-electron chi connectivity index (χ2n) is 4.19. The quantitative estimate of drug-likeness (QED) is 0.847. The van der Waals surface area contributed by atoms with Crippen LogP contribution in [0.25, 0.3) is 10.9 Å². The standard InChI is InChI=1S/C14H15NO4/c1-3-19-12(16)8-10-13(17)9-6-4-5-7-11(9)15(2)14(10)18/h4-7,17H,3,8H2,1-2H3. The lowest BCUT2D eigenvalue weighted by atomic mass is 10.1. The second kappa shape index (κ2) is 5.14. The van der Waals surface area contributed by atoms with Crippen molar-refractivity contribution in [1.82, 2.24) is 4.57 Å². The van der Waals surface area contributed by atoms with Gasteiger partial charge in [0, 0.05) is 12.4 Å². The van der Waals surface area contributed by atoms with Crippen molar-refractivity contribution < 1.29 is 14.6 Å². The molecule has 0 saturated carbocycles. The molecule has 2 rings (SSSR count). The number of ether oxygens (including phenoxy) is 1. The Labute approximate surface area is 110 Å². The summed E-state index contributed by atoms with van der Waals surface area (Å²) in [6.45, 7) is 1.93. The average Bonchev–Trinajstić information content (AvgIpc) is 2.41. The number of benzene rings is 1. The van der Waals surface area contributed by atoms with Gasteiger partial charge < -0.3 is 14.4 Å². The number of hydrogen-bond acceptors (Lipinski definition) is 4. The van der Waals surface area contributed by atoms with E-state index in [1.807, 2.05) is 0 Å². The van der Waals surface area contributed by atoms with E-state index in [1.165, 1.54) is 4.57 Å². The number of fused-ring (bicyclic) bond motifs is 1. The smallest absolute Gasteiger partial charge is 0.310 e. The normalized spacial score (nSPS) is 10.6. The van der Waals surface area contributed by atoms with Gasteiger partial charge >= 0.3 is 5.97 Å². The van der Waals surface area contributed by atoms with Gasteiger partial charge in [-0.3, -0.25) is 9.59 Å². The van der Waals surface area contributed by atoms with Gasteiger partial charge in [0.2, 0.25) is 0 Å². The van der Waals surface area contributed by atoms with Crippen LogP contribution in [0.4, 0.5) is 0 Å². The van der Waals surface area contributed by atoms with Crippen LogP contribution in [0.3, 0.4) is 0 Å². The molecule has 2 aromatic rings. The maximum atomic E-state index is 12.1. The van der Waals surface area contributed by atoms with Crippen molar-refractivity contribution in [2.75, 3.05) is 6.61 Å². The molecule has 0 atom stereocenters. The molecule has 5 nitrogen and oxygen atoms in total. The fourth-order valence-corrected chi connectivity index (χ4v) is 2.06. The van der Waals surface area contributed by atoms with E-state index in [0.717, 1.165) is 0 Å². The molecular weight excluding hydrogens is 246 g/mol. The molecule has 1 heterocycles. The topological polar surface area (TPSA) is 68.5 Å². The zero-order valence-corrected chi connectivity index (χ0v) is 10.8. The third kappa shape index (κ3) is 2.31. The van der Waals surface area contributed by atoms with Crippen LogP contribution in [-0.2, 0) is 23.0 Å². The molecular formula is C14H15NO4. The molecule has 19 heavy (non-hydrogen) atoms. The number of aromatic hydroxyl groups is 1. The lowest BCUT2D eigenvalue weighted by Gasteiger charge is -2.11. The molecule has 0 unspecified atom stereocenters. The van der Waals surface area contributed by atoms with Crippen LogP contribution in [0.5, 0.6) is 5.75 Å². The van der Waals surface area contributed by atoms with Gasteiger partial charge in [-0.1, -0.05) is 12.1 Å². The summed E-state index contributed by atoms with van der Waals surface area (Å²) < 4.78 is 6.23. The summed E-state index contributed by atoms with van der Waals surface area (Å²) in [5.41, 5.74) is 0.307. The van der Waals surface area contributed by atoms with Crippen LogP contribution in [0.15, 0.2) is 29.1 Å². The van der Waals surface area contributed by atoms with Crippen molar-refractivity contribution in [3.05, 3.63) is 40.2 Å². The SMILES string of the molecule is CCOC(=O)Cc1c(O)c2ccccc2n(C)c1=O. The highest BCUT2D eigenvalue weighted by Crippen LogP contribution is 2.25. The first kappa shape index (κ1) is 13.1. The Morgan fingerprint density at radius 1 is 1.37 bits per heavy atom. The summed E-state index contributed by atoms with van der Waals surface area (Å²) >= 11 is 0. The molecule has 0 aliphatic heterocycles. The molecule has 100 valence electrons. The zero-order valence-electron chi connectivity index (χ0n) is 10.8. The van der Waals surface area contributed by atoms with E-state index in [4.69, 9.17) is 4.74 Å². The van der Waals surface area contributed by atoms with Crippen molar-refractivity contribution in [3.63, 3.8) is 0 Å². The minimum Gasteiger partial charge on any atom is -0.507 e. The second-order valence-corrected chi connectivity index (χ2v) is 4.19. The van der Waals surface area contributed by atoms with Crippen molar-refractivity contribution in [3.8, 4) is 5.75 Å². The minimum atomic E-state index is -0.523. The molecule has 0 spiro atoms. The van der Waals surface area contributed by atoms with Gasteiger partial charge in [-0.05, 0) is 19.1 Å². The molecule has 1 aromatic carbocycles. The Morgan fingerprint density at radius 3 is 2.74 bits per heavy atom. The van der Waals surface area contributed by atoms with E-state index in [2.05, 4.69) is 0 Å². The maximum absolute atomic E-state index is 12.1. The first-order valence-corrected chi connectivity index (χ1v) is 6.01. The van der Waals surface area contributed by atoms with Crippen LogP contribution in [-0.4, -0.2) is 22.2 Å². The Hall–Kier alpha value is -2.30. The molecule has 5 heteroatoms. The molecule has 0 aliphatic carbocycles. The number of carbonyl (C=O) groups excluding carboxylic acids is 1. The monoisotopic (exact) mass is 261 g/mol. The number of hydrogen-bond donors (Lipinski definition) is 1. The van der Waals surface area contributed by atoms with E-state index in [0.29, 0.717) is 10.9 Å². The van der Waals surface area contributed by atoms with Crippen molar-refractivity contribution in [2.24, 2.45) is 7.05 Å². The van der Waals surface area contributed by atoms with Crippen LogP contribution in [0, 0.1) is 0 Å². The first-order valence-electron chi connectivity index (χ1n) is 6.01. The van der Waals surface area contributed by atoms with Gasteiger partial charge in [0.15, 0.2) is 0 Å². The Morgan fingerprint density at radius 2 is 2.05 bits per heavy atom. The Bertz CT molecular complexity index is 688. The Balaban J connectivity index is 2.62. The third-order valence-corrected chi connectivity index (χ3v) is 3.00. The largest absolute Gasteiger partial charge is 0.507 e. The number of esters is 1. The van der Waals surface area contributed by atoms with Gasteiger partial charge in [0.25, 0.3) is 5.56 Å². The fraction of sp³-hybridized carbons (Fsp3) is 0.286. The summed E-state index contributed by atoms with van der Waals surface area (Å²) in [6, 6.07) is 7.00. The number of aryl methyl sites for hydroxylation is 1. The maximum Gasteiger partial charge on any atom is 0.310 e. The molecule has 1 N–H and O–H groups in total. The van der Waals surface area contributed by atoms with Crippen molar-refractivity contribution >= 4 is 16.9 Å². The highest BCUT2D eigenvalue weighted by Gasteiger charge is 2.17. The minimum absolute atomic E-state index is 0.0691. The van der Waals surface area contributed by atoms with Gasteiger partial charge in [0.1, 0.15) is 5.75 Å². The van der Waals surface area contributed by atoms with Crippen LogP contribution < -0.4 is 5.56 Å². The molecule has 0 saturated heterocycles. The number of pyridine rings is 1. The van der Waals surface area contributed by atoms with Gasteiger partial charge in [-0.25, -0.2) is 0 Å². The van der Waals surface area contributed by atoms with Gasteiger partial charge in [0.05, 0.1) is 24.1 Å². The van der Waals surface area contributed by atoms with Crippen molar-refractivity contribution in [2.45, 2.75) is 13.3 Å². The van der Waals surface area contributed by atoms with Crippen LogP contribution >= 0.6 is 0 Å². The molecule has 0 fully saturated rings. The number of para-hydroxylation sites is 1. The van der Waals surface area contributed by atoms with E-state index < -0.39 is 5.97 Å². The van der Waals surface area contributed by atoms with E-state index in [1.54, 1.807) is 38.2 Å². The molecule has 0 bridgehead atoms. The molecule has 0 aliphatic rings. The van der Waals surface area contributed by atoms with E-state index in [9.17, 15) is 14.7 Å². The Kier molecular flexibility index (Phi) is 3.55. The summed E-state index contributed by atoms with van der Waals surface area (Å²) in [7, 11) is 1.61. The summed E-state index contributed by atoms with van der Waals surface area (Å²) in [6.07, 6.45) is -0.225. The zero-order chi connectivity index (χ0) is 14.0. The average molecular weight is 261 g/mol. The summed E-state index contributed by atoms with van der Waals surface area (Å²) in [5.74, 6) is -0.670. The number of nitrogens with zero attached hydrogens (tertiary/aromatic N) is 1. The summed E-state index contributed by atoms with van der Waals surface area (Å²) in [4.78, 5) is 23.6. The highest BCUT2D eigenvalue weighted by atomic mass is 16.5. The third-order valence-electron chi connectivity index (χ3n) is 3.00. The predicted molar refractivity (Wildman–Crippen MR) is 71.2 cm³/mol. The predicted octanol–water partition coefficient (Wildman–Crippen LogP) is 1.35. The van der Waals surface area contributed by atoms with Crippen molar-refractivity contribution in [1.29, 1.82) is 0 Å². The number of rotatable bonds is 3. The van der Waals surface area contributed by atoms with Crippen LogP contribution in [0.1, 0.15) is 12.5 Å². The molecule has 1 aromatic heterocycles. The van der Waals surface area contributed by atoms with Gasteiger partial charge in [-0.2, -0.15) is 0 Å². The van der Waals surface area contributed by atoms with E-state index in [-0.39, 0.29) is 29.9 Å². The van der Waals surface area contributed by atoms with E-state index >= 15 is 0 Å². The van der Waals surface area contributed by atoms with Crippen LogP contribution in [0.2, 0.25) is 0 Å².